The average Bonchev–Trinajstić information content (AvgIpc) is 2.37. The molecule has 0 atom stereocenters. The van der Waals surface area contributed by atoms with Crippen LogP contribution in [0.2, 0.25) is 10.0 Å². The summed E-state index contributed by atoms with van der Waals surface area (Å²) in [6.07, 6.45) is 3.45. The topological polar surface area (TPSA) is 34.2 Å². The van der Waals surface area contributed by atoms with Gasteiger partial charge in [-0.1, -0.05) is 23.2 Å². The number of aromatic nitrogens is 1. The van der Waals surface area contributed by atoms with E-state index in [1.807, 2.05) is 13.1 Å². The number of nitrogens with zero attached hydrogens (tertiary/aromatic N) is 1. The molecule has 0 aliphatic heterocycles. The highest BCUT2D eigenvalue weighted by atomic mass is 35.5. The Morgan fingerprint density at radius 3 is 2.78 bits per heavy atom. The van der Waals surface area contributed by atoms with Crippen molar-refractivity contribution in [1.82, 2.24) is 10.3 Å². The van der Waals surface area contributed by atoms with E-state index in [9.17, 15) is 0 Å². The first-order valence-electron chi connectivity index (χ1n) is 5.41. The zero-order valence-corrected chi connectivity index (χ0v) is 11.3. The summed E-state index contributed by atoms with van der Waals surface area (Å²) in [6, 6.07) is 6.98. The maximum atomic E-state index is 5.94. The highest BCUT2D eigenvalue weighted by Gasteiger charge is 2.06. The SMILES string of the molecule is CNCc1cnccc1Oc1ccc(Cl)c(Cl)c1. The van der Waals surface area contributed by atoms with Gasteiger partial charge in [0.1, 0.15) is 11.5 Å². The van der Waals surface area contributed by atoms with Crippen molar-refractivity contribution in [1.29, 1.82) is 0 Å². The summed E-state index contributed by atoms with van der Waals surface area (Å²) in [7, 11) is 1.87. The van der Waals surface area contributed by atoms with Crippen LogP contribution in [0.25, 0.3) is 0 Å². The van der Waals surface area contributed by atoms with Crippen LogP contribution < -0.4 is 10.1 Å². The smallest absolute Gasteiger partial charge is 0.134 e. The molecule has 0 radical (unpaired) electrons. The molecule has 2 aromatic rings. The molecule has 94 valence electrons. The van der Waals surface area contributed by atoms with Gasteiger partial charge in [-0.2, -0.15) is 0 Å². The highest BCUT2D eigenvalue weighted by molar-refractivity contribution is 6.42. The molecule has 0 unspecified atom stereocenters. The summed E-state index contributed by atoms with van der Waals surface area (Å²) in [5, 5.41) is 4.04. The van der Waals surface area contributed by atoms with E-state index >= 15 is 0 Å². The van der Waals surface area contributed by atoms with Crippen LogP contribution in [0, 0.1) is 0 Å². The number of pyridine rings is 1. The number of rotatable bonds is 4. The molecule has 1 aromatic heterocycles. The molecule has 0 aliphatic carbocycles. The minimum Gasteiger partial charge on any atom is -0.457 e. The zero-order valence-electron chi connectivity index (χ0n) is 9.78. The van der Waals surface area contributed by atoms with Crippen LogP contribution in [-0.4, -0.2) is 12.0 Å². The number of nitrogens with one attached hydrogen (secondary N) is 1. The molecule has 2 rings (SSSR count). The van der Waals surface area contributed by atoms with Crippen molar-refractivity contribution in [2.45, 2.75) is 6.54 Å². The van der Waals surface area contributed by atoms with Gasteiger partial charge < -0.3 is 10.1 Å². The summed E-state index contributed by atoms with van der Waals surface area (Å²) in [5.41, 5.74) is 0.978. The van der Waals surface area contributed by atoms with E-state index in [-0.39, 0.29) is 0 Å². The van der Waals surface area contributed by atoms with Crippen molar-refractivity contribution in [2.24, 2.45) is 0 Å². The highest BCUT2D eigenvalue weighted by Crippen LogP contribution is 2.30. The van der Waals surface area contributed by atoms with Gasteiger partial charge in [0.15, 0.2) is 0 Å². The van der Waals surface area contributed by atoms with Gasteiger partial charge in [-0.15, -0.1) is 0 Å². The number of hydrogen-bond donors (Lipinski definition) is 1. The molecular formula is C13H12Cl2N2O. The molecule has 0 saturated carbocycles. The minimum absolute atomic E-state index is 0.471. The summed E-state index contributed by atoms with van der Waals surface area (Å²) >= 11 is 11.8. The van der Waals surface area contributed by atoms with Crippen LogP contribution in [0.15, 0.2) is 36.7 Å². The lowest BCUT2D eigenvalue weighted by Gasteiger charge is -2.10. The van der Waals surface area contributed by atoms with E-state index in [1.54, 1.807) is 30.6 Å². The van der Waals surface area contributed by atoms with Gasteiger partial charge >= 0.3 is 0 Å². The first-order chi connectivity index (χ1) is 8.70. The normalized spacial score (nSPS) is 10.4. The van der Waals surface area contributed by atoms with Gasteiger partial charge in [-0.05, 0) is 25.2 Å². The summed E-state index contributed by atoms with van der Waals surface area (Å²) in [6.45, 7) is 0.685. The molecule has 0 amide bonds. The third-order valence-corrected chi connectivity index (χ3v) is 3.08. The molecule has 0 saturated heterocycles. The van der Waals surface area contributed by atoms with E-state index in [4.69, 9.17) is 27.9 Å². The molecule has 1 aromatic carbocycles. The van der Waals surface area contributed by atoms with Crippen LogP contribution in [-0.2, 0) is 6.54 Å². The fraction of sp³-hybridized carbons (Fsp3) is 0.154. The van der Waals surface area contributed by atoms with Gasteiger partial charge in [-0.3, -0.25) is 4.98 Å². The van der Waals surface area contributed by atoms with E-state index in [0.717, 1.165) is 11.3 Å². The fourth-order valence-corrected chi connectivity index (χ4v) is 1.79. The number of ether oxygens (including phenoxy) is 1. The lowest BCUT2D eigenvalue weighted by Crippen LogP contribution is -2.06. The monoisotopic (exact) mass is 282 g/mol. The first kappa shape index (κ1) is 13.1. The quantitative estimate of drug-likeness (QED) is 0.924. The van der Waals surface area contributed by atoms with E-state index in [1.165, 1.54) is 0 Å². The Hall–Kier alpha value is -1.29. The zero-order chi connectivity index (χ0) is 13.0. The summed E-state index contributed by atoms with van der Waals surface area (Å²) < 4.78 is 5.77. The summed E-state index contributed by atoms with van der Waals surface area (Å²) in [5.74, 6) is 1.39. The maximum Gasteiger partial charge on any atom is 0.134 e. The Labute approximate surface area is 116 Å². The van der Waals surface area contributed by atoms with Crippen LogP contribution in [0.4, 0.5) is 0 Å². The van der Waals surface area contributed by atoms with Gasteiger partial charge in [-0.25, -0.2) is 0 Å². The molecule has 5 heteroatoms. The Bertz CT molecular complexity index is 546. The molecule has 1 N–H and O–H groups in total. The third kappa shape index (κ3) is 3.13. The average molecular weight is 283 g/mol. The van der Waals surface area contributed by atoms with Gasteiger partial charge in [0.25, 0.3) is 0 Å². The Morgan fingerprint density at radius 2 is 2.06 bits per heavy atom. The van der Waals surface area contributed by atoms with Crippen LogP contribution >= 0.6 is 23.2 Å². The van der Waals surface area contributed by atoms with Crippen LogP contribution in [0.3, 0.4) is 0 Å². The van der Waals surface area contributed by atoms with Gasteiger partial charge in [0.05, 0.1) is 10.0 Å². The number of hydrogen-bond acceptors (Lipinski definition) is 3. The molecule has 0 spiro atoms. The molecule has 0 aliphatic rings. The Morgan fingerprint density at radius 1 is 1.22 bits per heavy atom. The van der Waals surface area contributed by atoms with Crippen molar-refractivity contribution >= 4 is 23.2 Å². The second-order valence-electron chi connectivity index (χ2n) is 3.69. The van der Waals surface area contributed by atoms with Gasteiger partial charge in [0.2, 0.25) is 0 Å². The lowest BCUT2D eigenvalue weighted by atomic mass is 10.2. The predicted molar refractivity (Wildman–Crippen MR) is 73.5 cm³/mol. The molecule has 3 nitrogen and oxygen atoms in total. The van der Waals surface area contributed by atoms with Crippen molar-refractivity contribution in [3.8, 4) is 11.5 Å². The largest absolute Gasteiger partial charge is 0.457 e. The fourth-order valence-electron chi connectivity index (χ4n) is 1.50. The van der Waals surface area contributed by atoms with Crippen LogP contribution in [0.1, 0.15) is 5.56 Å². The van der Waals surface area contributed by atoms with E-state index in [2.05, 4.69) is 10.3 Å². The number of benzene rings is 1. The Kier molecular flexibility index (Phi) is 4.42. The summed E-state index contributed by atoms with van der Waals surface area (Å²) in [4.78, 5) is 4.07. The predicted octanol–water partition coefficient (Wildman–Crippen LogP) is 3.90. The molecule has 0 fully saturated rings. The molecule has 18 heavy (non-hydrogen) atoms. The second-order valence-corrected chi connectivity index (χ2v) is 4.51. The van der Waals surface area contributed by atoms with Crippen molar-refractivity contribution < 1.29 is 4.74 Å². The molecule has 1 heterocycles. The molecular weight excluding hydrogens is 271 g/mol. The molecule has 0 bridgehead atoms. The third-order valence-electron chi connectivity index (χ3n) is 2.34. The van der Waals surface area contributed by atoms with Crippen molar-refractivity contribution in [3.05, 3.63) is 52.3 Å². The van der Waals surface area contributed by atoms with E-state index < -0.39 is 0 Å². The van der Waals surface area contributed by atoms with Gasteiger partial charge in [0, 0.05) is 30.6 Å². The number of halogens is 2. The second kappa shape index (κ2) is 6.05. The lowest BCUT2D eigenvalue weighted by molar-refractivity contribution is 0.473. The maximum absolute atomic E-state index is 5.94. The first-order valence-corrected chi connectivity index (χ1v) is 6.16. The van der Waals surface area contributed by atoms with Crippen molar-refractivity contribution in [2.75, 3.05) is 7.05 Å². The standard InChI is InChI=1S/C13H12Cl2N2O/c1-16-7-9-8-17-5-4-13(9)18-10-2-3-11(14)12(15)6-10/h2-6,8,16H,7H2,1H3. The van der Waals surface area contributed by atoms with Crippen molar-refractivity contribution in [3.63, 3.8) is 0 Å². The van der Waals surface area contributed by atoms with Crippen LogP contribution in [0.5, 0.6) is 11.5 Å². The van der Waals surface area contributed by atoms with E-state index in [0.29, 0.717) is 22.3 Å². The Balaban J connectivity index is 2.25. The minimum atomic E-state index is 0.471.